The number of carbonyl (C=O) groups excluding carboxylic acids is 2. The highest BCUT2D eigenvalue weighted by molar-refractivity contribution is 6.30. The number of amides is 2. The molecule has 0 bridgehead atoms. The summed E-state index contributed by atoms with van der Waals surface area (Å²) in [5.74, 6) is 0.230. The Balaban J connectivity index is 1.84. The first-order valence-electron chi connectivity index (χ1n) is 11.8. The smallest absolute Gasteiger partial charge is 0.242 e. The van der Waals surface area contributed by atoms with E-state index >= 15 is 0 Å². The molecule has 0 heterocycles. The lowest BCUT2D eigenvalue weighted by Gasteiger charge is -2.31. The summed E-state index contributed by atoms with van der Waals surface area (Å²) < 4.78 is 0. The van der Waals surface area contributed by atoms with Gasteiger partial charge in [0.2, 0.25) is 11.8 Å². The van der Waals surface area contributed by atoms with E-state index in [1.54, 1.807) is 18.0 Å². The Bertz CT molecular complexity index is 1080. The standard InChI is InChI=1S/C29H33ClN2O2/c1-21(2)25-15-12-22(13-16-25)14-17-28(33)32(20-24-10-7-11-26(30)18-24)27(29(34)31-3)19-23-8-5-4-6-9-23/h4-13,15-16,18,21,27H,14,17,19-20H2,1-3H3,(H,31,34)/t27-/m0/s1. The molecule has 0 aliphatic carbocycles. The van der Waals surface area contributed by atoms with Crippen LogP contribution >= 0.6 is 11.6 Å². The van der Waals surface area contributed by atoms with E-state index in [1.807, 2.05) is 48.5 Å². The molecule has 2 amide bonds. The fourth-order valence-corrected chi connectivity index (χ4v) is 4.23. The summed E-state index contributed by atoms with van der Waals surface area (Å²) in [4.78, 5) is 28.2. The Morgan fingerprint density at radius 3 is 2.18 bits per heavy atom. The minimum atomic E-state index is -0.623. The van der Waals surface area contributed by atoms with Crippen LogP contribution in [0.3, 0.4) is 0 Å². The SMILES string of the molecule is CNC(=O)[C@H](Cc1ccccc1)N(Cc1cccc(Cl)c1)C(=O)CCc1ccc(C(C)C)cc1. The van der Waals surface area contributed by atoms with Gasteiger partial charge in [-0.25, -0.2) is 0 Å². The molecule has 0 spiro atoms. The number of nitrogens with zero attached hydrogens (tertiary/aromatic N) is 1. The number of likely N-dealkylation sites (N-methyl/N-ethyl adjacent to an activating group) is 1. The number of benzene rings is 3. The molecule has 3 aromatic carbocycles. The maximum Gasteiger partial charge on any atom is 0.242 e. The van der Waals surface area contributed by atoms with Gasteiger partial charge in [0, 0.05) is 31.5 Å². The van der Waals surface area contributed by atoms with Crippen molar-refractivity contribution in [2.24, 2.45) is 0 Å². The van der Waals surface area contributed by atoms with Crippen LogP contribution in [0.25, 0.3) is 0 Å². The quantitative estimate of drug-likeness (QED) is 0.403. The van der Waals surface area contributed by atoms with Gasteiger partial charge in [-0.2, -0.15) is 0 Å². The molecule has 5 heteroatoms. The summed E-state index contributed by atoms with van der Waals surface area (Å²) in [5, 5.41) is 3.36. The number of halogens is 1. The lowest BCUT2D eigenvalue weighted by Crippen LogP contribution is -2.49. The second kappa shape index (κ2) is 12.4. The molecule has 0 fully saturated rings. The minimum absolute atomic E-state index is 0.0579. The van der Waals surface area contributed by atoms with Crippen LogP contribution in [0, 0.1) is 0 Å². The largest absolute Gasteiger partial charge is 0.357 e. The van der Waals surface area contributed by atoms with E-state index in [9.17, 15) is 9.59 Å². The van der Waals surface area contributed by atoms with Gasteiger partial charge in [0.05, 0.1) is 0 Å². The zero-order chi connectivity index (χ0) is 24.5. The van der Waals surface area contributed by atoms with Gasteiger partial charge in [0.15, 0.2) is 0 Å². The molecule has 0 unspecified atom stereocenters. The summed E-state index contributed by atoms with van der Waals surface area (Å²) >= 11 is 6.20. The van der Waals surface area contributed by atoms with Gasteiger partial charge in [0.25, 0.3) is 0 Å². The summed E-state index contributed by atoms with van der Waals surface area (Å²) in [6.45, 7) is 4.65. The minimum Gasteiger partial charge on any atom is -0.357 e. The van der Waals surface area contributed by atoms with E-state index in [0.717, 1.165) is 16.7 Å². The molecule has 0 aliphatic heterocycles. The predicted molar refractivity (Wildman–Crippen MR) is 139 cm³/mol. The zero-order valence-corrected chi connectivity index (χ0v) is 20.9. The second-order valence-electron chi connectivity index (χ2n) is 8.87. The molecule has 0 aliphatic rings. The highest BCUT2D eigenvalue weighted by Crippen LogP contribution is 2.20. The maximum atomic E-state index is 13.5. The van der Waals surface area contributed by atoms with Gasteiger partial charge >= 0.3 is 0 Å². The van der Waals surface area contributed by atoms with Crippen molar-refractivity contribution in [3.05, 3.63) is 106 Å². The fraction of sp³-hybridized carbons (Fsp3) is 0.310. The van der Waals surface area contributed by atoms with Crippen LogP contribution in [-0.4, -0.2) is 29.8 Å². The van der Waals surface area contributed by atoms with Crippen LogP contribution in [0.1, 0.15) is 48.4 Å². The molecule has 1 N–H and O–H groups in total. The normalized spacial score (nSPS) is 11.8. The van der Waals surface area contributed by atoms with Gasteiger partial charge in [-0.3, -0.25) is 9.59 Å². The molecular formula is C29H33ClN2O2. The molecule has 0 radical (unpaired) electrons. The van der Waals surface area contributed by atoms with Crippen LogP contribution in [0.5, 0.6) is 0 Å². The van der Waals surface area contributed by atoms with E-state index in [0.29, 0.717) is 36.7 Å². The monoisotopic (exact) mass is 476 g/mol. The van der Waals surface area contributed by atoms with E-state index in [2.05, 4.69) is 43.4 Å². The third kappa shape index (κ3) is 7.19. The van der Waals surface area contributed by atoms with Crippen LogP contribution < -0.4 is 5.32 Å². The topological polar surface area (TPSA) is 49.4 Å². The van der Waals surface area contributed by atoms with Gasteiger partial charge in [0.1, 0.15) is 6.04 Å². The summed E-state index contributed by atoms with van der Waals surface area (Å²) in [5.41, 5.74) is 4.29. The average Bonchev–Trinajstić information content (AvgIpc) is 2.85. The zero-order valence-electron chi connectivity index (χ0n) is 20.1. The Morgan fingerprint density at radius 2 is 1.56 bits per heavy atom. The van der Waals surface area contributed by atoms with Gasteiger partial charge in [-0.1, -0.05) is 92.2 Å². The average molecular weight is 477 g/mol. The Hall–Kier alpha value is -3.11. The third-order valence-corrected chi connectivity index (χ3v) is 6.27. The molecule has 3 aromatic rings. The third-order valence-electron chi connectivity index (χ3n) is 6.03. The summed E-state index contributed by atoms with van der Waals surface area (Å²) in [6, 6.07) is 25.0. The van der Waals surface area contributed by atoms with Crippen molar-refractivity contribution in [3.8, 4) is 0 Å². The van der Waals surface area contributed by atoms with Crippen LogP contribution in [0.2, 0.25) is 5.02 Å². The molecule has 0 aromatic heterocycles. The van der Waals surface area contributed by atoms with Crippen molar-refractivity contribution in [1.29, 1.82) is 0 Å². The molecule has 0 saturated carbocycles. The number of aryl methyl sites for hydroxylation is 1. The lowest BCUT2D eigenvalue weighted by atomic mass is 9.99. The van der Waals surface area contributed by atoms with E-state index in [-0.39, 0.29) is 11.8 Å². The lowest BCUT2D eigenvalue weighted by molar-refractivity contribution is -0.141. The molecule has 0 saturated heterocycles. The molecule has 4 nitrogen and oxygen atoms in total. The van der Waals surface area contributed by atoms with Crippen LogP contribution in [0.15, 0.2) is 78.9 Å². The van der Waals surface area contributed by atoms with Gasteiger partial charge in [-0.15, -0.1) is 0 Å². The molecule has 178 valence electrons. The number of nitrogens with one attached hydrogen (secondary N) is 1. The molecular weight excluding hydrogens is 444 g/mol. The maximum absolute atomic E-state index is 13.5. The number of hydrogen-bond acceptors (Lipinski definition) is 2. The highest BCUT2D eigenvalue weighted by atomic mass is 35.5. The first kappa shape index (κ1) is 25.5. The number of carbonyl (C=O) groups is 2. The molecule has 1 atom stereocenters. The Labute approximate surface area is 207 Å². The Morgan fingerprint density at radius 1 is 0.882 bits per heavy atom. The van der Waals surface area contributed by atoms with Crippen molar-refractivity contribution < 1.29 is 9.59 Å². The van der Waals surface area contributed by atoms with Crippen molar-refractivity contribution in [2.75, 3.05) is 7.05 Å². The van der Waals surface area contributed by atoms with Crippen molar-refractivity contribution in [3.63, 3.8) is 0 Å². The first-order valence-corrected chi connectivity index (χ1v) is 12.1. The highest BCUT2D eigenvalue weighted by Gasteiger charge is 2.29. The fourth-order valence-electron chi connectivity index (χ4n) is 4.02. The van der Waals surface area contributed by atoms with Crippen LogP contribution in [0.4, 0.5) is 0 Å². The van der Waals surface area contributed by atoms with Gasteiger partial charge in [-0.05, 0) is 46.7 Å². The number of rotatable bonds is 10. The summed E-state index contributed by atoms with van der Waals surface area (Å²) in [6.07, 6.45) is 1.38. The van der Waals surface area contributed by atoms with E-state index in [4.69, 9.17) is 11.6 Å². The van der Waals surface area contributed by atoms with Crippen molar-refractivity contribution >= 4 is 23.4 Å². The van der Waals surface area contributed by atoms with Crippen molar-refractivity contribution in [2.45, 2.75) is 51.6 Å². The first-order chi connectivity index (χ1) is 16.4. The Kier molecular flexibility index (Phi) is 9.29. The predicted octanol–water partition coefficient (Wildman–Crippen LogP) is 5.78. The summed E-state index contributed by atoms with van der Waals surface area (Å²) in [7, 11) is 1.61. The van der Waals surface area contributed by atoms with Crippen LogP contribution in [-0.2, 0) is 29.0 Å². The van der Waals surface area contributed by atoms with E-state index < -0.39 is 6.04 Å². The van der Waals surface area contributed by atoms with Crippen molar-refractivity contribution in [1.82, 2.24) is 10.2 Å². The van der Waals surface area contributed by atoms with E-state index in [1.165, 1.54) is 5.56 Å². The van der Waals surface area contributed by atoms with Gasteiger partial charge < -0.3 is 10.2 Å². The number of hydrogen-bond donors (Lipinski definition) is 1. The second-order valence-corrected chi connectivity index (χ2v) is 9.30. The molecule has 3 rings (SSSR count). The molecule has 34 heavy (non-hydrogen) atoms.